The zero-order chi connectivity index (χ0) is 14.6. The van der Waals surface area contributed by atoms with Gasteiger partial charge in [-0.3, -0.25) is 4.79 Å². The second-order valence-electron chi connectivity index (χ2n) is 4.73. The van der Waals surface area contributed by atoms with Crippen molar-refractivity contribution < 1.29 is 9.90 Å². The van der Waals surface area contributed by atoms with Crippen molar-refractivity contribution in [2.75, 3.05) is 6.61 Å². The van der Waals surface area contributed by atoms with Crippen molar-refractivity contribution in [3.8, 4) is 0 Å². The standard InChI is InChI=1S/C13H16Cl2INO2/c1-7(2)3-9(6-18)17-13(19)10-4-8(14)5-11(15)12(10)16/h4-5,7,9,18H,3,6H2,1-2H3,(H,17,19). The van der Waals surface area contributed by atoms with E-state index >= 15 is 0 Å². The number of carbonyl (C=O) groups is 1. The molecule has 2 N–H and O–H groups in total. The summed E-state index contributed by atoms with van der Waals surface area (Å²) >= 11 is 13.9. The number of carbonyl (C=O) groups excluding carboxylic acids is 1. The maximum absolute atomic E-state index is 12.2. The van der Waals surface area contributed by atoms with E-state index in [0.29, 0.717) is 31.5 Å². The van der Waals surface area contributed by atoms with Crippen LogP contribution >= 0.6 is 45.8 Å². The molecule has 0 heterocycles. The number of rotatable bonds is 5. The molecule has 3 nitrogen and oxygen atoms in total. The van der Waals surface area contributed by atoms with Crippen LogP contribution in [0.1, 0.15) is 30.6 Å². The third-order valence-electron chi connectivity index (χ3n) is 2.55. The van der Waals surface area contributed by atoms with Gasteiger partial charge in [0.2, 0.25) is 0 Å². The van der Waals surface area contributed by atoms with E-state index in [-0.39, 0.29) is 18.6 Å². The van der Waals surface area contributed by atoms with Gasteiger partial charge in [-0.15, -0.1) is 0 Å². The van der Waals surface area contributed by atoms with E-state index in [0.717, 1.165) is 0 Å². The van der Waals surface area contributed by atoms with E-state index in [2.05, 4.69) is 5.32 Å². The van der Waals surface area contributed by atoms with Gasteiger partial charge < -0.3 is 10.4 Å². The van der Waals surface area contributed by atoms with Crippen molar-refractivity contribution in [2.45, 2.75) is 26.3 Å². The van der Waals surface area contributed by atoms with Crippen molar-refractivity contribution in [1.29, 1.82) is 0 Å². The van der Waals surface area contributed by atoms with Gasteiger partial charge in [0.05, 0.1) is 23.2 Å². The predicted octanol–water partition coefficient (Wildman–Crippen LogP) is 3.73. The lowest BCUT2D eigenvalue weighted by molar-refractivity contribution is 0.0907. The molecular weight excluding hydrogens is 400 g/mol. The molecule has 0 radical (unpaired) electrons. The zero-order valence-corrected chi connectivity index (χ0v) is 14.4. The Balaban J connectivity index is 2.88. The molecule has 1 amide bonds. The van der Waals surface area contributed by atoms with Crippen LogP contribution in [-0.2, 0) is 0 Å². The maximum atomic E-state index is 12.2. The Labute approximate surface area is 136 Å². The summed E-state index contributed by atoms with van der Waals surface area (Å²) in [6, 6.07) is 2.91. The summed E-state index contributed by atoms with van der Waals surface area (Å²) in [7, 11) is 0. The topological polar surface area (TPSA) is 49.3 Å². The summed E-state index contributed by atoms with van der Waals surface area (Å²) in [5.74, 6) is 0.118. The number of hydrogen-bond acceptors (Lipinski definition) is 2. The lowest BCUT2D eigenvalue weighted by Gasteiger charge is -2.19. The largest absolute Gasteiger partial charge is 0.394 e. The minimum atomic E-state index is -0.270. The van der Waals surface area contributed by atoms with Crippen LogP contribution in [0.15, 0.2) is 12.1 Å². The SMILES string of the molecule is CC(C)CC(CO)NC(=O)c1cc(Cl)cc(Cl)c1I. The van der Waals surface area contributed by atoms with E-state index in [1.54, 1.807) is 12.1 Å². The van der Waals surface area contributed by atoms with Crippen LogP contribution in [0.25, 0.3) is 0 Å². The van der Waals surface area contributed by atoms with Crippen molar-refractivity contribution in [1.82, 2.24) is 5.32 Å². The van der Waals surface area contributed by atoms with Crippen LogP contribution < -0.4 is 5.32 Å². The zero-order valence-electron chi connectivity index (χ0n) is 10.7. The fraction of sp³-hybridized carbons (Fsp3) is 0.462. The van der Waals surface area contributed by atoms with Gasteiger partial charge in [-0.25, -0.2) is 0 Å². The quantitative estimate of drug-likeness (QED) is 0.568. The molecule has 0 bridgehead atoms. The van der Waals surface area contributed by atoms with Gasteiger partial charge in [-0.1, -0.05) is 37.0 Å². The summed E-state index contributed by atoms with van der Waals surface area (Å²) in [5, 5.41) is 12.9. The molecule has 0 saturated heterocycles. The van der Waals surface area contributed by atoms with Gasteiger partial charge in [-0.05, 0) is 47.1 Å². The first-order valence-corrected chi connectivity index (χ1v) is 7.74. The van der Waals surface area contributed by atoms with E-state index in [9.17, 15) is 9.90 Å². The molecule has 0 aliphatic heterocycles. The fourth-order valence-corrected chi connectivity index (χ4v) is 2.78. The molecule has 19 heavy (non-hydrogen) atoms. The monoisotopic (exact) mass is 415 g/mol. The Morgan fingerprint density at radius 3 is 2.58 bits per heavy atom. The molecule has 1 atom stereocenters. The molecule has 0 aliphatic carbocycles. The molecular formula is C13H16Cl2INO2. The first-order chi connectivity index (χ1) is 8.85. The average Bonchev–Trinajstić information content (AvgIpc) is 2.32. The van der Waals surface area contributed by atoms with Crippen LogP contribution in [0, 0.1) is 9.49 Å². The van der Waals surface area contributed by atoms with E-state index in [4.69, 9.17) is 23.2 Å². The molecule has 0 fully saturated rings. The molecule has 106 valence electrons. The van der Waals surface area contributed by atoms with Gasteiger partial charge in [-0.2, -0.15) is 0 Å². The van der Waals surface area contributed by atoms with Crippen molar-refractivity contribution in [3.05, 3.63) is 31.3 Å². The van der Waals surface area contributed by atoms with Crippen molar-refractivity contribution in [2.24, 2.45) is 5.92 Å². The Kier molecular flexibility index (Phi) is 6.86. The first kappa shape index (κ1) is 17.0. The highest BCUT2D eigenvalue weighted by molar-refractivity contribution is 14.1. The highest BCUT2D eigenvalue weighted by atomic mass is 127. The molecule has 0 aromatic heterocycles. The van der Waals surface area contributed by atoms with E-state index < -0.39 is 0 Å². The highest BCUT2D eigenvalue weighted by Gasteiger charge is 2.18. The van der Waals surface area contributed by atoms with Crippen LogP contribution in [0.3, 0.4) is 0 Å². The fourth-order valence-electron chi connectivity index (χ4n) is 1.73. The average molecular weight is 416 g/mol. The smallest absolute Gasteiger partial charge is 0.252 e. The van der Waals surface area contributed by atoms with E-state index in [1.165, 1.54) is 0 Å². The van der Waals surface area contributed by atoms with Crippen LogP contribution in [-0.4, -0.2) is 23.7 Å². The Morgan fingerprint density at radius 2 is 2.05 bits per heavy atom. The Bertz CT molecular complexity index is 466. The van der Waals surface area contributed by atoms with Crippen molar-refractivity contribution in [3.63, 3.8) is 0 Å². The Hall–Kier alpha value is -0.0400. The third kappa shape index (κ3) is 5.10. The molecule has 1 aromatic rings. The molecule has 0 saturated carbocycles. The molecule has 0 aliphatic rings. The summed E-state index contributed by atoms with van der Waals surface area (Å²) in [6.07, 6.45) is 0.715. The number of benzene rings is 1. The van der Waals surface area contributed by atoms with Gasteiger partial charge >= 0.3 is 0 Å². The normalized spacial score (nSPS) is 12.6. The molecule has 1 unspecified atom stereocenters. The second-order valence-corrected chi connectivity index (χ2v) is 6.65. The Morgan fingerprint density at radius 1 is 1.42 bits per heavy atom. The number of halogens is 3. The van der Waals surface area contributed by atoms with Gasteiger partial charge in [0, 0.05) is 8.59 Å². The number of amides is 1. The van der Waals surface area contributed by atoms with E-state index in [1.807, 2.05) is 36.4 Å². The van der Waals surface area contributed by atoms with Crippen LogP contribution in [0.2, 0.25) is 10.0 Å². The molecule has 1 rings (SSSR count). The van der Waals surface area contributed by atoms with Gasteiger partial charge in [0.25, 0.3) is 5.91 Å². The maximum Gasteiger partial charge on any atom is 0.252 e. The lowest BCUT2D eigenvalue weighted by atomic mass is 10.0. The number of aliphatic hydroxyl groups is 1. The molecule has 6 heteroatoms. The minimum Gasteiger partial charge on any atom is -0.394 e. The first-order valence-electron chi connectivity index (χ1n) is 5.91. The van der Waals surface area contributed by atoms with Crippen LogP contribution in [0.5, 0.6) is 0 Å². The summed E-state index contributed by atoms with van der Waals surface area (Å²) < 4.78 is 0.655. The minimum absolute atomic E-state index is 0.0885. The van der Waals surface area contributed by atoms with Gasteiger partial charge in [0.15, 0.2) is 0 Å². The summed E-state index contributed by atoms with van der Waals surface area (Å²) in [5.41, 5.74) is 0.431. The van der Waals surface area contributed by atoms with Crippen molar-refractivity contribution >= 4 is 51.7 Å². The number of hydrogen-bond donors (Lipinski definition) is 2. The second kappa shape index (κ2) is 7.67. The predicted molar refractivity (Wildman–Crippen MR) is 87.0 cm³/mol. The number of nitrogens with one attached hydrogen (secondary N) is 1. The van der Waals surface area contributed by atoms with Crippen LogP contribution in [0.4, 0.5) is 0 Å². The lowest BCUT2D eigenvalue weighted by Crippen LogP contribution is -2.38. The summed E-state index contributed by atoms with van der Waals surface area (Å²) in [4.78, 5) is 12.2. The molecule has 1 aromatic carbocycles. The summed E-state index contributed by atoms with van der Waals surface area (Å²) in [6.45, 7) is 3.98. The van der Waals surface area contributed by atoms with Gasteiger partial charge in [0.1, 0.15) is 0 Å². The molecule has 0 spiro atoms. The third-order valence-corrected chi connectivity index (χ3v) is 4.55. The number of aliphatic hydroxyl groups excluding tert-OH is 1. The highest BCUT2D eigenvalue weighted by Crippen LogP contribution is 2.26.